The molecule has 3 rings (SSSR count). The molecule has 1 saturated heterocycles. The van der Waals surface area contributed by atoms with Crippen LogP contribution < -0.4 is 5.32 Å². The second-order valence-corrected chi connectivity index (χ2v) is 5.90. The van der Waals surface area contributed by atoms with Crippen LogP contribution in [-0.4, -0.2) is 28.9 Å². The zero-order valence-electron chi connectivity index (χ0n) is 12.8. The van der Waals surface area contributed by atoms with Gasteiger partial charge in [0.1, 0.15) is 5.69 Å². The summed E-state index contributed by atoms with van der Waals surface area (Å²) in [5, 5.41) is 3.30. The number of pyridine rings is 1. The molecule has 1 aromatic heterocycles. The first-order valence-corrected chi connectivity index (χ1v) is 7.80. The van der Waals surface area contributed by atoms with Gasteiger partial charge >= 0.3 is 0 Å². The van der Waals surface area contributed by atoms with E-state index in [1.54, 1.807) is 6.20 Å². The highest BCUT2D eigenvalue weighted by molar-refractivity contribution is 5.93. The number of benzene rings is 1. The maximum atomic E-state index is 12.5. The molecular formula is C18H21N3O. The average Bonchev–Trinajstić information content (AvgIpc) is 2.56. The first-order valence-electron chi connectivity index (χ1n) is 7.80. The van der Waals surface area contributed by atoms with E-state index in [0.29, 0.717) is 11.6 Å². The Morgan fingerprint density at radius 2 is 1.86 bits per heavy atom. The van der Waals surface area contributed by atoms with Crippen molar-refractivity contribution in [1.29, 1.82) is 0 Å². The van der Waals surface area contributed by atoms with E-state index in [9.17, 15) is 4.79 Å². The topological polar surface area (TPSA) is 45.2 Å². The fourth-order valence-corrected chi connectivity index (χ4v) is 2.69. The Balaban J connectivity index is 1.72. The van der Waals surface area contributed by atoms with Crippen molar-refractivity contribution in [2.24, 2.45) is 5.92 Å². The molecule has 0 unspecified atom stereocenters. The Morgan fingerprint density at radius 3 is 2.59 bits per heavy atom. The molecule has 1 aliphatic rings. The highest BCUT2D eigenvalue weighted by Gasteiger charge is 2.22. The lowest BCUT2D eigenvalue weighted by atomic mass is 9.99. The summed E-state index contributed by atoms with van der Waals surface area (Å²) < 4.78 is 0. The van der Waals surface area contributed by atoms with Gasteiger partial charge in [-0.15, -0.1) is 0 Å². The van der Waals surface area contributed by atoms with Crippen LogP contribution in [0.25, 0.3) is 0 Å². The second kappa shape index (κ2) is 6.60. The minimum absolute atomic E-state index is 0.0311. The second-order valence-electron chi connectivity index (χ2n) is 5.90. The maximum Gasteiger partial charge on any atom is 0.272 e. The number of hydrogen-bond acceptors (Lipinski definition) is 3. The first-order chi connectivity index (χ1) is 10.7. The Morgan fingerprint density at radius 1 is 1.14 bits per heavy atom. The van der Waals surface area contributed by atoms with Crippen LogP contribution in [0.5, 0.6) is 0 Å². The van der Waals surface area contributed by atoms with E-state index in [2.05, 4.69) is 17.2 Å². The Hall–Kier alpha value is -2.36. The van der Waals surface area contributed by atoms with Crippen molar-refractivity contribution in [2.75, 3.05) is 18.4 Å². The Labute approximate surface area is 131 Å². The van der Waals surface area contributed by atoms with Gasteiger partial charge in [0, 0.05) is 30.7 Å². The number of amides is 1. The van der Waals surface area contributed by atoms with E-state index in [-0.39, 0.29) is 5.91 Å². The van der Waals surface area contributed by atoms with Crippen molar-refractivity contribution in [3.8, 4) is 0 Å². The van der Waals surface area contributed by atoms with Gasteiger partial charge in [0.05, 0.1) is 0 Å². The summed E-state index contributed by atoms with van der Waals surface area (Å²) in [5.74, 6) is 0.742. The first kappa shape index (κ1) is 14.6. The summed E-state index contributed by atoms with van der Waals surface area (Å²) in [7, 11) is 0. The molecule has 1 fully saturated rings. The van der Waals surface area contributed by atoms with Crippen LogP contribution in [0.15, 0.2) is 48.7 Å². The van der Waals surface area contributed by atoms with Crippen LogP contribution in [0.4, 0.5) is 11.4 Å². The number of piperidine rings is 1. The van der Waals surface area contributed by atoms with Crippen LogP contribution in [0, 0.1) is 5.92 Å². The van der Waals surface area contributed by atoms with Crippen LogP contribution in [0.2, 0.25) is 0 Å². The van der Waals surface area contributed by atoms with Gasteiger partial charge < -0.3 is 10.2 Å². The van der Waals surface area contributed by atoms with Crippen molar-refractivity contribution in [3.05, 3.63) is 54.4 Å². The summed E-state index contributed by atoms with van der Waals surface area (Å²) in [4.78, 5) is 18.7. The third-order valence-corrected chi connectivity index (χ3v) is 4.11. The fourth-order valence-electron chi connectivity index (χ4n) is 2.69. The molecule has 1 aliphatic heterocycles. The number of para-hydroxylation sites is 1. The Bertz CT molecular complexity index is 634. The van der Waals surface area contributed by atoms with Crippen molar-refractivity contribution in [2.45, 2.75) is 19.8 Å². The number of rotatable bonds is 3. The molecule has 1 N–H and O–H groups in total. The summed E-state index contributed by atoms with van der Waals surface area (Å²) in [6, 6.07) is 13.6. The van der Waals surface area contributed by atoms with Gasteiger partial charge in [0.2, 0.25) is 0 Å². The number of nitrogens with zero attached hydrogens (tertiary/aromatic N) is 2. The van der Waals surface area contributed by atoms with E-state index in [4.69, 9.17) is 0 Å². The van der Waals surface area contributed by atoms with Gasteiger partial charge in [-0.25, -0.2) is 0 Å². The lowest BCUT2D eigenvalue weighted by molar-refractivity contribution is 0.0691. The fraction of sp³-hybridized carbons (Fsp3) is 0.333. The summed E-state index contributed by atoms with van der Waals surface area (Å²) in [5.41, 5.74) is 2.39. The number of nitrogens with one attached hydrogen (secondary N) is 1. The van der Waals surface area contributed by atoms with Gasteiger partial charge in [-0.1, -0.05) is 25.1 Å². The smallest absolute Gasteiger partial charge is 0.272 e. The van der Waals surface area contributed by atoms with Gasteiger partial charge in [-0.05, 0) is 43.0 Å². The molecule has 0 saturated carbocycles. The SMILES string of the molecule is CC1CCN(C(=O)c2cc(Nc3ccccc3)ccn2)CC1. The van der Waals surface area contributed by atoms with E-state index in [0.717, 1.165) is 37.3 Å². The molecule has 1 aromatic carbocycles. The molecule has 0 spiro atoms. The number of hydrogen-bond donors (Lipinski definition) is 1. The lowest BCUT2D eigenvalue weighted by Crippen LogP contribution is -2.38. The summed E-state index contributed by atoms with van der Waals surface area (Å²) in [6.45, 7) is 3.90. The third kappa shape index (κ3) is 3.45. The lowest BCUT2D eigenvalue weighted by Gasteiger charge is -2.30. The minimum Gasteiger partial charge on any atom is -0.355 e. The number of anilines is 2. The van der Waals surface area contributed by atoms with E-state index >= 15 is 0 Å². The predicted molar refractivity (Wildman–Crippen MR) is 88.3 cm³/mol. The van der Waals surface area contributed by atoms with Crippen molar-refractivity contribution < 1.29 is 4.79 Å². The molecule has 0 aliphatic carbocycles. The number of carbonyl (C=O) groups excluding carboxylic acids is 1. The molecule has 0 radical (unpaired) electrons. The van der Waals surface area contributed by atoms with Crippen LogP contribution in [0.1, 0.15) is 30.3 Å². The van der Waals surface area contributed by atoms with E-state index in [1.165, 1.54) is 0 Å². The quantitative estimate of drug-likeness (QED) is 0.939. The molecule has 22 heavy (non-hydrogen) atoms. The summed E-state index contributed by atoms with van der Waals surface area (Å²) >= 11 is 0. The van der Waals surface area contributed by atoms with Crippen molar-refractivity contribution >= 4 is 17.3 Å². The molecule has 2 aromatic rings. The average molecular weight is 295 g/mol. The van der Waals surface area contributed by atoms with E-state index in [1.807, 2.05) is 47.4 Å². The van der Waals surface area contributed by atoms with Crippen LogP contribution in [0.3, 0.4) is 0 Å². The molecule has 1 amide bonds. The van der Waals surface area contributed by atoms with Gasteiger partial charge in [-0.3, -0.25) is 9.78 Å². The van der Waals surface area contributed by atoms with Crippen molar-refractivity contribution in [3.63, 3.8) is 0 Å². The maximum absolute atomic E-state index is 12.5. The zero-order chi connectivity index (χ0) is 15.4. The number of aromatic nitrogens is 1. The molecule has 4 nitrogen and oxygen atoms in total. The minimum atomic E-state index is 0.0311. The number of carbonyl (C=O) groups is 1. The highest BCUT2D eigenvalue weighted by Crippen LogP contribution is 2.20. The number of likely N-dealkylation sites (tertiary alicyclic amines) is 1. The zero-order valence-corrected chi connectivity index (χ0v) is 12.8. The largest absolute Gasteiger partial charge is 0.355 e. The standard InChI is InChI=1S/C18H21N3O/c1-14-8-11-21(12-9-14)18(22)17-13-16(7-10-19-17)20-15-5-3-2-4-6-15/h2-7,10,13-14H,8-9,11-12H2,1H3,(H,19,20). The van der Waals surface area contributed by atoms with Crippen LogP contribution >= 0.6 is 0 Å². The van der Waals surface area contributed by atoms with Gasteiger partial charge in [0.15, 0.2) is 0 Å². The van der Waals surface area contributed by atoms with Gasteiger partial charge in [-0.2, -0.15) is 0 Å². The molecule has 2 heterocycles. The van der Waals surface area contributed by atoms with Crippen LogP contribution in [-0.2, 0) is 0 Å². The molecule has 4 heteroatoms. The molecule has 0 atom stereocenters. The predicted octanol–water partition coefficient (Wildman–Crippen LogP) is 3.70. The Kier molecular flexibility index (Phi) is 4.37. The van der Waals surface area contributed by atoms with Gasteiger partial charge in [0.25, 0.3) is 5.91 Å². The molecular weight excluding hydrogens is 274 g/mol. The summed E-state index contributed by atoms with van der Waals surface area (Å²) in [6.07, 6.45) is 3.84. The molecule has 0 bridgehead atoms. The van der Waals surface area contributed by atoms with E-state index < -0.39 is 0 Å². The monoisotopic (exact) mass is 295 g/mol. The van der Waals surface area contributed by atoms with Crippen molar-refractivity contribution in [1.82, 2.24) is 9.88 Å². The normalized spacial score (nSPS) is 15.6. The highest BCUT2D eigenvalue weighted by atomic mass is 16.2. The third-order valence-electron chi connectivity index (χ3n) is 4.11. The molecule has 114 valence electrons.